The number of carbonyl (C=O) groups excluding carboxylic acids is 2. The standard InChI is InChI=1S/C21H25BrN4O3.C2H6/c1-20(2,3)29-19(28)25-9-10-26-17(13-25)16(12-23-26)18(27)24-21(7-8-21)14-5-4-6-15(22)11-14;1-2/h4-6,11-12H,7-10,13H2,1-3H3,(H,24,27);1-2H3. The summed E-state index contributed by atoms with van der Waals surface area (Å²) in [6, 6.07) is 8.04. The van der Waals surface area contributed by atoms with Crippen molar-refractivity contribution in [2.45, 2.75) is 71.7 Å². The van der Waals surface area contributed by atoms with Crippen LogP contribution in [0.2, 0.25) is 0 Å². The highest BCUT2D eigenvalue weighted by Gasteiger charge is 2.46. The van der Waals surface area contributed by atoms with Crippen LogP contribution in [0.1, 0.15) is 69.1 Å². The molecule has 7 nitrogen and oxygen atoms in total. The summed E-state index contributed by atoms with van der Waals surface area (Å²) in [5.41, 5.74) is 1.47. The topological polar surface area (TPSA) is 76.5 Å². The molecule has 0 atom stereocenters. The van der Waals surface area contributed by atoms with Crippen molar-refractivity contribution in [3.63, 3.8) is 0 Å². The maximum Gasteiger partial charge on any atom is 0.410 e. The molecular weight excluding hydrogens is 460 g/mol. The largest absolute Gasteiger partial charge is 0.444 e. The van der Waals surface area contributed by atoms with Crippen molar-refractivity contribution in [2.75, 3.05) is 6.54 Å². The molecule has 2 aromatic rings. The number of hydrogen-bond donors (Lipinski definition) is 1. The highest BCUT2D eigenvalue weighted by atomic mass is 79.9. The molecule has 1 aliphatic carbocycles. The van der Waals surface area contributed by atoms with E-state index in [1.807, 2.05) is 58.9 Å². The van der Waals surface area contributed by atoms with Gasteiger partial charge in [0.25, 0.3) is 5.91 Å². The minimum atomic E-state index is -0.558. The summed E-state index contributed by atoms with van der Waals surface area (Å²) < 4.78 is 8.27. The summed E-state index contributed by atoms with van der Waals surface area (Å²) in [5, 5.41) is 7.55. The summed E-state index contributed by atoms with van der Waals surface area (Å²) in [6.07, 6.45) is 3.04. The predicted octanol–water partition coefficient (Wildman–Crippen LogP) is 4.84. The Bertz CT molecular complexity index is 960. The molecule has 0 saturated heterocycles. The van der Waals surface area contributed by atoms with Gasteiger partial charge >= 0.3 is 6.09 Å². The van der Waals surface area contributed by atoms with Crippen LogP contribution < -0.4 is 5.32 Å². The smallest absolute Gasteiger partial charge is 0.410 e. The number of halogens is 1. The van der Waals surface area contributed by atoms with E-state index in [1.165, 1.54) is 0 Å². The van der Waals surface area contributed by atoms with Crippen molar-refractivity contribution in [3.05, 3.63) is 51.8 Å². The first-order valence-electron chi connectivity index (χ1n) is 10.8. The van der Waals surface area contributed by atoms with Gasteiger partial charge in [0, 0.05) is 11.0 Å². The second-order valence-corrected chi connectivity index (χ2v) is 9.59. The van der Waals surface area contributed by atoms with Gasteiger partial charge in [0.1, 0.15) is 5.60 Å². The van der Waals surface area contributed by atoms with Gasteiger partial charge < -0.3 is 15.0 Å². The van der Waals surface area contributed by atoms with E-state index in [9.17, 15) is 9.59 Å². The molecule has 4 rings (SSSR count). The number of carbonyl (C=O) groups is 2. The zero-order chi connectivity index (χ0) is 22.8. The minimum absolute atomic E-state index is 0.158. The van der Waals surface area contributed by atoms with Crippen LogP contribution in [0.3, 0.4) is 0 Å². The monoisotopic (exact) mass is 490 g/mol. The fraction of sp³-hybridized carbons (Fsp3) is 0.522. The number of nitrogens with zero attached hydrogens (tertiary/aromatic N) is 3. The van der Waals surface area contributed by atoms with Crippen LogP contribution >= 0.6 is 15.9 Å². The minimum Gasteiger partial charge on any atom is -0.444 e. The molecule has 0 radical (unpaired) electrons. The zero-order valence-electron chi connectivity index (χ0n) is 18.9. The van der Waals surface area contributed by atoms with E-state index in [-0.39, 0.29) is 17.5 Å². The number of ether oxygens (including phenoxy) is 1. The van der Waals surface area contributed by atoms with E-state index >= 15 is 0 Å². The highest BCUT2D eigenvalue weighted by Crippen LogP contribution is 2.46. The van der Waals surface area contributed by atoms with Crippen LogP contribution in [0.25, 0.3) is 0 Å². The molecule has 8 heteroatoms. The van der Waals surface area contributed by atoms with Crippen LogP contribution in [0.4, 0.5) is 4.79 Å². The number of hydrogen-bond acceptors (Lipinski definition) is 4. The Labute approximate surface area is 192 Å². The van der Waals surface area contributed by atoms with Crippen molar-refractivity contribution >= 4 is 27.9 Å². The van der Waals surface area contributed by atoms with Crippen molar-refractivity contribution < 1.29 is 14.3 Å². The summed E-state index contributed by atoms with van der Waals surface area (Å²) in [5.74, 6) is -0.158. The molecule has 31 heavy (non-hydrogen) atoms. The Morgan fingerprint density at radius 2 is 1.90 bits per heavy atom. The summed E-state index contributed by atoms with van der Waals surface area (Å²) >= 11 is 3.50. The molecule has 0 unspecified atom stereocenters. The van der Waals surface area contributed by atoms with E-state index in [0.29, 0.717) is 25.2 Å². The van der Waals surface area contributed by atoms with Gasteiger partial charge in [0.05, 0.1) is 36.1 Å². The van der Waals surface area contributed by atoms with E-state index in [2.05, 4.69) is 26.3 Å². The summed E-state index contributed by atoms with van der Waals surface area (Å²) in [4.78, 5) is 27.2. The molecule has 1 aromatic carbocycles. The average molecular weight is 491 g/mol. The number of nitrogens with one attached hydrogen (secondary N) is 1. The van der Waals surface area contributed by atoms with Gasteiger partial charge in [-0.05, 0) is 51.3 Å². The highest BCUT2D eigenvalue weighted by molar-refractivity contribution is 9.10. The Morgan fingerprint density at radius 1 is 1.19 bits per heavy atom. The van der Waals surface area contributed by atoms with Crippen LogP contribution in [0.5, 0.6) is 0 Å². The van der Waals surface area contributed by atoms with Gasteiger partial charge in [-0.25, -0.2) is 4.79 Å². The van der Waals surface area contributed by atoms with E-state index in [0.717, 1.165) is 28.6 Å². The maximum absolute atomic E-state index is 13.1. The lowest BCUT2D eigenvalue weighted by Crippen LogP contribution is -2.42. The average Bonchev–Trinajstić information content (AvgIpc) is 3.37. The summed E-state index contributed by atoms with van der Waals surface area (Å²) in [7, 11) is 0. The molecule has 2 heterocycles. The van der Waals surface area contributed by atoms with Crippen LogP contribution in [0, 0.1) is 0 Å². The summed E-state index contributed by atoms with van der Waals surface area (Å²) in [6.45, 7) is 10.9. The van der Waals surface area contributed by atoms with Crippen LogP contribution in [0.15, 0.2) is 34.9 Å². The normalized spacial score (nSPS) is 16.5. The lowest BCUT2D eigenvalue weighted by Gasteiger charge is -2.30. The third-order valence-electron chi connectivity index (χ3n) is 5.25. The molecular formula is C23H31BrN4O3. The molecule has 0 bridgehead atoms. The molecule has 0 spiro atoms. The third kappa shape index (κ3) is 5.29. The Balaban J connectivity index is 0.00000132. The number of fused-ring (bicyclic) bond motifs is 1. The van der Waals surface area contributed by atoms with E-state index in [4.69, 9.17) is 4.74 Å². The van der Waals surface area contributed by atoms with Crippen molar-refractivity contribution in [2.24, 2.45) is 0 Å². The van der Waals surface area contributed by atoms with Crippen LogP contribution in [-0.2, 0) is 23.4 Å². The fourth-order valence-corrected chi connectivity index (χ4v) is 4.00. The van der Waals surface area contributed by atoms with Crippen molar-refractivity contribution in [1.29, 1.82) is 0 Å². The first-order chi connectivity index (χ1) is 14.7. The SMILES string of the molecule is CC.CC(C)(C)OC(=O)N1CCn2ncc(C(=O)NC3(c4cccc(Br)c4)CC3)c2C1. The van der Waals surface area contributed by atoms with Gasteiger partial charge in [-0.3, -0.25) is 9.48 Å². The van der Waals surface area contributed by atoms with Crippen molar-refractivity contribution in [3.8, 4) is 0 Å². The van der Waals surface area contributed by atoms with Gasteiger partial charge in [-0.1, -0.05) is 41.9 Å². The van der Waals surface area contributed by atoms with E-state index < -0.39 is 5.60 Å². The lowest BCUT2D eigenvalue weighted by atomic mass is 10.0. The second-order valence-electron chi connectivity index (χ2n) is 8.68. The van der Waals surface area contributed by atoms with Crippen LogP contribution in [-0.4, -0.2) is 38.8 Å². The molecule has 1 aromatic heterocycles. The molecule has 1 saturated carbocycles. The molecule has 1 fully saturated rings. The number of amides is 2. The quantitative estimate of drug-likeness (QED) is 0.667. The Morgan fingerprint density at radius 3 is 2.52 bits per heavy atom. The molecule has 168 valence electrons. The fourth-order valence-electron chi connectivity index (χ4n) is 3.60. The Kier molecular flexibility index (Phi) is 6.79. The molecule has 1 aliphatic heterocycles. The van der Waals surface area contributed by atoms with E-state index in [1.54, 1.807) is 15.8 Å². The molecule has 1 N–H and O–H groups in total. The third-order valence-corrected chi connectivity index (χ3v) is 5.74. The van der Waals surface area contributed by atoms with Gasteiger partial charge in [0.15, 0.2) is 0 Å². The number of rotatable bonds is 3. The first-order valence-corrected chi connectivity index (χ1v) is 11.6. The van der Waals surface area contributed by atoms with Gasteiger partial charge in [-0.15, -0.1) is 0 Å². The number of aromatic nitrogens is 2. The lowest BCUT2D eigenvalue weighted by molar-refractivity contribution is 0.0193. The van der Waals surface area contributed by atoms with Crippen molar-refractivity contribution in [1.82, 2.24) is 20.0 Å². The number of benzene rings is 1. The Hall–Kier alpha value is -2.35. The zero-order valence-corrected chi connectivity index (χ0v) is 20.5. The van der Waals surface area contributed by atoms with Gasteiger partial charge in [0.2, 0.25) is 0 Å². The maximum atomic E-state index is 13.1. The predicted molar refractivity (Wildman–Crippen MR) is 123 cm³/mol. The van der Waals surface area contributed by atoms with Gasteiger partial charge in [-0.2, -0.15) is 5.10 Å². The second kappa shape index (κ2) is 9.02. The molecule has 2 amide bonds. The molecule has 2 aliphatic rings. The first kappa shape index (κ1) is 23.3.